The molecule has 0 saturated heterocycles. The number of hydrogen-bond donors (Lipinski definition) is 2. The third-order valence-corrected chi connectivity index (χ3v) is 1.06. The zero-order chi connectivity index (χ0) is 7.56. The molecule has 48 valence electrons. The summed E-state index contributed by atoms with van der Waals surface area (Å²) < 4.78 is 0. The van der Waals surface area contributed by atoms with Crippen molar-refractivity contribution in [3.05, 3.63) is 24.0 Å². The fraction of sp³-hybridized carbons (Fsp3) is 0. The average Bonchev–Trinajstić information content (AvgIpc) is 1.88. The van der Waals surface area contributed by atoms with Crippen LogP contribution in [0.2, 0.25) is 0 Å². The number of nitrogens with two attached hydrogens (primary N) is 1. The van der Waals surface area contributed by atoms with Gasteiger partial charge in [0, 0.05) is 6.20 Å². The van der Waals surface area contributed by atoms with Crippen molar-refractivity contribution in [1.29, 1.82) is 5.41 Å². The van der Waals surface area contributed by atoms with Crippen molar-refractivity contribution in [2.24, 2.45) is 5.73 Å². The Morgan fingerprint density at radius 1 is 1.60 bits per heavy atom. The topological polar surface area (TPSA) is 62.8 Å². The van der Waals surface area contributed by atoms with Gasteiger partial charge in [-0.2, -0.15) is 0 Å². The summed E-state index contributed by atoms with van der Waals surface area (Å²) in [5.41, 5.74) is 6.17. The van der Waals surface area contributed by atoms with Gasteiger partial charge in [0.25, 0.3) is 0 Å². The second-order valence-electron chi connectivity index (χ2n) is 1.89. The van der Waals surface area contributed by atoms with Crippen molar-refractivity contribution in [3.8, 4) is 0 Å². The van der Waals surface area contributed by atoms with Gasteiger partial charge in [0.1, 0.15) is 19.4 Å². The van der Waals surface area contributed by atoms with E-state index in [1.54, 1.807) is 12.1 Å². The van der Waals surface area contributed by atoms with E-state index < -0.39 is 0 Å². The Labute approximate surface area is 60.2 Å². The van der Waals surface area contributed by atoms with Crippen LogP contribution in [0.5, 0.6) is 0 Å². The molecule has 0 bridgehead atoms. The Balaban J connectivity index is 3.00. The van der Waals surface area contributed by atoms with E-state index in [-0.39, 0.29) is 5.84 Å². The Morgan fingerprint density at radius 3 is 2.70 bits per heavy atom. The first-order valence-corrected chi connectivity index (χ1v) is 2.76. The maximum Gasteiger partial charge on any atom is 0.141 e. The molecule has 0 fully saturated rings. The van der Waals surface area contributed by atoms with Crippen LogP contribution in [-0.2, 0) is 0 Å². The minimum Gasteiger partial charge on any atom is -0.382 e. The molecule has 0 spiro atoms. The standard InChI is InChI=1S/C6H6BN3/c7-4-1-2-5(6(8)9)10-3-4/h1-3H,(H3,8,9). The number of nitrogen functional groups attached to an aromatic ring is 1. The zero-order valence-corrected chi connectivity index (χ0v) is 5.33. The highest BCUT2D eigenvalue weighted by atomic mass is 14.8. The number of aromatic nitrogens is 1. The second-order valence-corrected chi connectivity index (χ2v) is 1.89. The number of rotatable bonds is 1. The third-order valence-electron chi connectivity index (χ3n) is 1.06. The molecule has 3 N–H and O–H groups in total. The molecular weight excluding hydrogens is 125 g/mol. The minimum absolute atomic E-state index is 0.0417. The predicted octanol–water partition coefficient (Wildman–Crippen LogP) is -0.841. The molecule has 1 aromatic rings. The molecule has 0 aliphatic heterocycles. The predicted molar refractivity (Wildman–Crippen MR) is 40.6 cm³/mol. The quantitative estimate of drug-likeness (QED) is 0.296. The second kappa shape index (κ2) is 2.52. The Bertz CT molecular complexity index is 242. The molecule has 0 atom stereocenters. The van der Waals surface area contributed by atoms with Gasteiger partial charge in [-0.15, -0.1) is 0 Å². The van der Waals surface area contributed by atoms with E-state index >= 15 is 0 Å². The monoisotopic (exact) mass is 131 g/mol. The normalized spacial score (nSPS) is 9.20. The average molecular weight is 131 g/mol. The highest BCUT2D eigenvalue weighted by molar-refractivity contribution is 6.32. The number of hydrogen-bond acceptors (Lipinski definition) is 2. The summed E-state index contributed by atoms with van der Waals surface area (Å²) in [6, 6.07) is 3.27. The number of nitrogens with zero attached hydrogens (tertiary/aromatic N) is 1. The lowest BCUT2D eigenvalue weighted by Gasteiger charge is -1.95. The first kappa shape index (κ1) is 6.80. The SMILES string of the molecule is [B]c1ccc(C(=N)N)nc1. The highest BCUT2D eigenvalue weighted by Gasteiger charge is 1.93. The lowest BCUT2D eigenvalue weighted by Crippen LogP contribution is -2.15. The van der Waals surface area contributed by atoms with Crippen LogP contribution in [0.25, 0.3) is 0 Å². The third kappa shape index (κ3) is 1.34. The van der Waals surface area contributed by atoms with Crippen LogP contribution < -0.4 is 11.2 Å². The first-order valence-electron chi connectivity index (χ1n) is 2.76. The molecule has 0 aliphatic rings. The molecule has 0 unspecified atom stereocenters. The van der Waals surface area contributed by atoms with E-state index in [1.807, 2.05) is 0 Å². The molecule has 1 heterocycles. The molecule has 0 aliphatic carbocycles. The Kier molecular flexibility index (Phi) is 1.71. The summed E-state index contributed by atoms with van der Waals surface area (Å²) >= 11 is 0. The maximum absolute atomic E-state index is 6.98. The van der Waals surface area contributed by atoms with Crippen LogP contribution in [0.15, 0.2) is 18.3 Å². The van der Waals surface area contributed by atoms with Gasteiger partial charge in [-0.3, -0.25) is 10.4 Å². The summed E-state index contributed by atoms with van der Waals surface area (Å²) in [5.74, 6) is -0.0417. The molecule has 3 nitrogen and oxygen atoms in total. The lowest BCUT2D eigenvalue weighted by molar-refractivity contribution is 1.27. The lowest BCUT2D eigenvalue weighted by atomic mass is 9.99. The summed E-state index contributed by atoms with van der Waals surface area (Å²) in [5, 5.41) is 6.98. The van der Waals surface area contributed by atoms with E-state index in [4.69, 9.17) is 19.0 Å². The fourth-order valence-electron chi connectivity index (χ4n) is 0.565. The smallest absolute Gasteiger partial charge is 0.141 e. The summed E-state index contributed by atoms with van der Waals surface area (Å²) in [6.07, 6.45) is 1.47. The van der Waals surface area contributed by atoms with Crippen molar-refractivity contribution in [2.75, 3.05) is 0 Å². The molecule has 10 heavy (non-hydrogen) atoms. The first-order chi connectivity index (χ1) is 4.70. The van der Waals surface area contributed by atoms with Crippen molar-refractivity contribution in [3.63, 3.8) is 0 Å². The van der Waals surface area contributed by atoms with Gasteiger partial charge in [0.15, 0.2) is 0 Å². The Morgan fingerprint density at radius 2 is 2.30 bits per heavy atom. The van der Waals surface area contributed by atoms with E-state index in [0.29, 0.717) is 11.2 Å². The van der Waals surface area contributed by atoms with Gasteiger partial charge in [0.2, 0.25) is 0 Å². The molecule has 0 amide bonds. The molecule has 0 saturated carbocycles. The molecule has 0 aromatic carbocycles. The van der Waals surface area contributed by atoms with Crippen LogP contribution in [-0.4, -0.2) is 18.7 Å². The van der Waals surface area contributed by atoms with Gasteiger partial charge >= 0.3 is 0 Å². The van der Waals surface area contributed by atoms with Crippen LogP contribution in [0.4, 0.5) is 0 Å². The molecule has 1 aromatic heterocycles. The summed E-state index contributed by atoms with van der Waals surface area (Å²) in [4.78, 5) is 3.80. The van der Waals surface area contributed by atoms with Crippen molar-refractivity contribution >= 4 is 19.1 Å². The molecule has 4 heteroatoms. The summed E-state index contributed by atoms with van der Waals surface area (Å²) in [7, 11) is 5.35. The zero-order valence-electron chi connectivity index (χ0n) is 5.33. The van der Waals surface area contributed by atoms with Crippen LogP contribution >= 0.6 is 0 Å². The minimum atomic E-state index is -0.0417. The maximum atomic E-state index is 6.98. The van der Waals surface area contributed by atoms with Crippen molar-refractivity contribution < 1.29 is 0 Å². The van der Waals surface area contributed by atoms with Gasteiger partial charge in [0.05, 0.1) is 0 Å². The van der Waals surface area contributed by atoms with Crippen molar-refractivity contribution in [1.82, 2.24) is 4.98 Å². The van der Waals surface area contributed by atoms with Gasteiger partial charge in [-0.05, 0) is 6.07 Å². The van der Waals surface area contributed by atoms with Crippen LogP contribution in [0.1, 0.15) is 5.69 Å². The van der Waals surface area contributed by atoms with E-state index in [9.17, 15) is 0 Å². The number of amidine groups is 1. The van der Waals surface area contributed by atoms with Gasteiger partial charge < -0.3 is 5.73 Å². The molecule has 2 radical (unpaired) electrons. The summed E-state index contributed by atoms with van der Waals surface area (Å²) in [6.45, 7) is 0. The molecular formula is C6H6BN3. The van der Waals surface area contributed by atoms with Gasteiger partial charge in [-0.25, -0.2) is 0 Å². The molecule has 1 rings (SSSR count). The van der Waals surface area contributed by atoms with E-state index in [2.05, 4.69) is 4.98 Å². The number of pyridine rings is 1. The highest BCUT2D eigenvalue weighted by Crippen LogP contribution is 1.87. The van der Waals surface area contributed by atoms with Crippen LogP contribution in [0, 0.1) is 5.41 Å². The van der Waals surface area contributed by atoms with Crippen LogP contribution in [0.3, 0.4) is 0 Å². The van der Waals surface area contributed by atoms with Crippen molar-refractivity contribution in [2.45, 2.75) is 0 Å². The fourth-order valence-corrected chi connectivity index (χ4v) is 0.565. The van der Waals surface area contributed by atoms with E-state index in [0.717, 1.165) is 0 Å². The Hall–Kier alpha value is -1.32. The largest absolute Gasteiger partial charge is 0.382 e. The van der Waals surface area contributed by atoms with Gasteiger partial charge in [-0.1, -0.05) is 11.5 Å². The number of nitrogens with one attached hydrogen (secondary N) is 1. The van der Waals surface area contributed by atoms with E-state index in [1.165, 1.54) is 6.20 Å².